The summed E-state index contributed by atoms with van der Waals surface area (Å²) in [6.45, 7) is 0. The maximum Gasteiger partial charge on any atom is 0.255 e. The van der Waals surface area contributed by atoms with Crippen molar-refractivity contribution < 1.29 is 4.79 Å². The van der Waals surface area contributed by atoms with Crippen LogP contribution in [-0.2, 0) is 0 Å². The van der Waals surface area contributed by atoms with E-state index in [2.05, 4.69) is 17.9 Å². The van der Waals surface area contributed by atoms with Crippen molar-refractivity contribution in [2.24, 2.45) is 0 Å². The Hall–Kier alpha value is -1.39. The van der Waals surface area contributed by atoms with Crippen molar-refractivity contribution in [3.63, 3.8) is 0 Å². The van der Waals surface area contributed by atoms with Crippen LogP contribution < -0.4 is 5.32 Å². The van der Waals surface area contributed by atoms with Gasteiger partial charge in [0.05, 0.1) is 5.69 Å². The maximum atomic E-state index is 12.0. The summed E-state index contributed by atoms with van der Waals surface area (Å²) in [5.74, 6) is -0.107. The Kier molecular flexibility index (Phi) is 4.33. The van der Waals surface area contributed by atoms with Crippen molar-refractivity contribution in [3.05, 3.63) is 54.1 Å². The first-order valence-electron chi connectivity index (χ1n) is 5.44. The van der Waals surface area contributed by atoms with E-state index in [-0.39, 0.29) is 5.91 Å². The molecule has 0 bridgehead atoms. The predicted octanol–water partition coefficient (Wildman–Crippen LogP) is 3.95. The van der Waals surface area contributed by atoms with Gasteiger partial charge in [0, 0.05) is 15.4 Å². The lowest BCUT2D eigenvalue weighted by Gasteiger charge is -2.09. The van der Waals surface area contributed by atoms with Crippen LogP contribution in [0.5, 0.6) is 0 Å². The molecule has 18 heavy (non-hydrogen) atoms. The first-order valence-corrected chi connectivity index (χ1v) is 7.11. The first kappa shape index (κ1) is 13.1. The Bertz CT molecular complexity index is 552. The van der Waals surface area contributed by atoms with Gasteiger partial charge in [0.2, 0.25) is 0 Å². The number of rotatable bonds is 3. The van der Waals surface area contributed by atoms with Crippen LogP contribution in [0.4, 0.5) is 5.69 Å². The molecule has 0 aliphatic rings. The van der Waals surface area contributed by atoms with Crippen LogP contribution in [0, 0.1) is 0 Å². The van der Waals surface area contributed by atoms with Crippen molar-refractivity contribution in [1.82, 2.24) is 0 Å². The molecule has 0 atom stereocenters. The average molecular weight is 275 g/mol. The third-order valence-electron chi connectivity index (χ3n) is 2.48. The first-order chi connectivity index (χ1) is 8.70. The van der Waals surface area contributed by atoms with Crippen molar-refractivity contribution in [3.8, 4) is 0 Å². The number of thioether (sulfide) groups is 1. The molecule has 2 nitrogen and oxygen atoms in total. The van der Waals surface area contributed by atoms with Crippen LogP contribution >= 0.6 is 24.4 Å². The number of hydrogen-bond acceptors (Lipinski definition) is 3. The van der Waals surface area contributed by atoms with Gasteiger partial charge in [-0.1, -0.05) is 12.1 Å². The Morgan fingerprint density at radius 2 is 1.78 bits per heavy atom. The van der Waals surface area contributed by atoms with E-state index in [1.807, 2.05) is 30.5 Å². The highest BCUT2D eigenvalue weighted by atomic mass is 32.2. The maximum absolute atomic E-state index is 12.0. The molecule has 0 aliphatic heterocycles. The van der Waals surface area contributed by atoms with Crippen molar-refractivity contribution in [2.45, 2.75) is 9.79 Å². The van der Waals surface area contributed by atoms with E-state index in [9.17, 15) is 4.79 Å². The molecule has 0 heterocycles. The average Bonchev–Trinajstić information content (AvgIpc) is 2.40. The lowest BCUT2D eigenvalue weighted by molar-refractivity contribution is 0.102. The molecule has 0 fully saturated rings. The Balaban J connectivity index is 2.18. The van der Waals surface area contributed by atoms with E-state index < -0.39 is 0 Å². The van der Waals surface area contributed by atoms with Crippen molar-refractivity contribution in [1.29, 1.82) is 0 Å². The SMILES string of the molecule is CSc1ccccc1NC(=O)c1ccc(S)cc1. The van der Waals surface area contributed by atoms with Crippen LogP contribution in [0.15, 0.2) is 58.3 Å². The molecule has 2 aromatic carbocycles. The number of nitrogens with one attached hydrogen (secondary N) is 1. The second kappa shape index (κ2) is 5.98. The number of benzene rings is 2. The summed E-state index contributed by atoms with van der Waals surface area (Å²) in [6, 6.07) is 14.9. The van der Waals surface area contributed by atoms with Gasteiger partial charge in [-0.2, -0.15) is 0 Å². The molecule has 0 aliphatic carbocycles. The molecule has 0 saturated carbocycles. The molecular formula is C14H13NOS2. The number of anilines is 1. The van der Waals surface area contributed by atoms with Gasteiger partial charge in [0.1, 0.15) is 0 Å². The summed E-state index contributed by atoms with van der Waals surface area (Å²) in [5, 5.41) is 2.91. The van der Waals surface area contributed by atoms with Crippen molar-refractivity contribution >= 4 is 36.0 Å². The molecule has 2 aromatic rings. The van der Waals surface area contributed by atoms with Gasteiger partial charge in [-0.25, -0.2) is 0 Å². The number of hydrogen-bond donors (Lipinski definition) is 2. The standard InChI is InChI=1S/C14H13NOS2/c1-18-13-5-3-2-4-12(13)15-14(16)10-6-8-11(17)9-7-10/h2-9,17H,1H3,(H,15,16). The van der Waals surface area contributed by atoms with Gasteiger partial charge in [0.15, 0.2) is 0 Å². The second-order valence-electron chi connectivity index (χ2n) is 3.70. The molecule has 92 valence electrons. The van der Waals surface area contributed by atoms with Crippen LogP contribution in [0.3, 0.4) is 0 Å². The van der Waals surface area contributed by atoms with Gasteiger partial charge in [-0.15, -0.1) is 24.4 Å². The van der Waals surface area contributed by atoms with Gasteiger partial charge in [-0.3, -0.25) is 4.79 Å². The summed E-state index contributed by atoms with van der Waals surface area (Å²) >= 11 is 5.80. The summed E-state index contributed by atoms with van der Waals surface area (Å²) < 4.78 is 0. The number of amides is 1. The lowest BCUT2D eigenvalue weighted by atomic mass is 10.2. The Morgan fingerprint density at radius 3 is 2.44 bits per heavy atom. The fraction of sp³-hybridized carbons (Fsp3) is 0.0714. The molecule has 0 spiro atoms. The van der Waals surface area contributed by atoms with Crippen LogP contribution in [0.2, 0.25) is 0 Å². The largest absolute Gasteiger partial charge is 0.321 e. The molecule has 1 N–H and O–H groups in total. The summed E-state index contributed by atoms with van der Waals surface area (Å²) in [7, 11) is 0. The number of carbonyl (C=O) groups excluding carboxylic acids is 1. The van der Waals surface area contributed by atoms with Gasteiger partial charge < -0.3 is 5.32 Å². The highest BCUT2D eigenvalue weighted by Crippen LogP contribution is 2.25. The van der Waals surface area contributed by atoms with Crippen LogP contribution in [-0.4, -0.2) is 12.2 Å². The van der Waals surface area contributed by atoms with E-state index in [4.69, 9.17) is 0 Å². The normalized spacial score (nSPS) is 10.1. The minimum Gasteiger partial charge on any atom is -0.321 e. The lowest BCUT2D eigenvalue weighted by Crippen LogP contribution is -2.12. The minimum absolute atomic E-state index is 0.107. The molecule has 4 heteroatoms. The van der Waals surface area contributed by atoms with Gasteiger partial charge in [0.25, 0.3) is 5.91 Å². The van der Waals surface area contributed by atoms with E-state index in [1.54, 1.807) is 36.0 Å². The number of thiol groups is 1. The fourth-order valence-electron chi connectivity index (χ4n) is 1.56. The smallest absolute Gasteiger partial charge is 0.255 e. The molecule has 2 rings (SSSR count). The topological polar surface area (TPSA) is 29.1 Å². The molecule has 0 saturated heterocycles. The van der Waals surface area contributed by atoms with Crippen LogP contribution in [0.1, 0.15) is 10.4 Å². The molecule has 0 unspecified atom stereocenters. The monoisotopic (exact) mass is 275 g/mol. The van der Waals surface area contributed by atoms with Crippen LogP contribution in [0.25, 0.3) is 0 Å². The third-order valence-corrected chi connectivity index (χ3v) is 3.58. The quantitative estimate of drug-likeness (QED) is 0.656. The Labute approximate surface area is 116 Å². The summed E-state index contributed by atoms with van der Waals surface area (Å²) in [6.07, 6.45) is 1.99. The van der Waals surface area contributed by atoms with E-state index >= 15 is 0 Å². The van der Waals surface area contributed by atoms with E-state index in [0.29, 0.717) is 5.56 Å². The molecular weight excluding hydrogens is 262 g/mol. The fourth-order valence-corrected chi connectivity index (χ4v) is 2.26. The Morgan fingerprint density at radius 1 is 1.11 bits per heavy atom. The zero-order valence-electron chi connectivity index (χ0n) is 9.88. The van der Waals surface area contributed by atoms with Crippen molar-refractivity contribution in [2.75, 3.05) is 11.6 Å². The minimum atomic E-state index is -0.107. The summed E-state index contributed by atoms with van der Waals surface area (Å²) in [4.78, 5) is 13.9. The highest BCUT2D eigenvalue weighted by molar-refractivity contribution is 7.98. The highest BCUT2D eigenvalue weighted by Gasteiger charge is 2.07. The van der Waals surface area contributed by atoms with E-state index in [0.717, 1.165) is 15.5 Å². The predicted molar refractivity (Wildman–Crippen MR) is 79.9 cm³/mol. The zero-order valence-corrected chi connectivity index (χ0v) is 11.6. The second-order valence-corrected chi connectivity index (χ2v) is 5.07. The van der Waals surface area contributed by atoms with E-state index in [1.165, 1.54) is 0 Å². The molecule has 0 radical (unpaired) electrons. The number of carbonyl (C=O) groups is 1. The zero-order chi connectivity index (χ0) is 13.0. The third kappa shape index (κ3) is 3.09. The summed E-state index contributed by atoms with van der Waals surface area (Å²) in [5.41, 5.74) is 1.47. The van der Waals surface area contributed by atoms with Gasteiger partial charge in [-0.05, 0) is 42.7 Å². The molecule has 1 amide bonds. The van der Waals surface area contributed by atoms with Gasteiger partial charge >= 0.3 is 0 Å². The number of para-hydroxylation sites is 1. The molecule has 0 aromatic heterocycles.